The van der Waals surface area contributed by atoms with Crippen LogP contribution in [0.15, 0.2) is 24.8 Å². The quantitative estimate of drug-likeness (QED) is 0.775. The van der Waals surface area contributed by atoms with E-state index in [9.17, 15) is 4.79 Å². The predicted molar refractivity (Wildman–Crippen MR) is 86.8 cm³/mol. The molecule has 1 fully saturated rings. The lowest BCUT2D eigenvalue weighted by Crippen LogP contribution is -2.47. The Bertz CT molecular complexity index is 511. The van der Waals surface area contributed by atoms with Gasteiger partial charge in [-0.1, -0.05) is 35.8 Å². The number of benzene rings is 1. The fourth-order valence-corrected chi connectivity index (χ4v) is 2.31. The summed E-state index contributed by atoms with van der Waals surface area (Å²) >= 11 is 11.8. The molecule has 1 heterocycles. The fraction of sp³-hybridized carbons (Fsp3) is 0.357. The summed E-state index contributed by atoms with van der Waals surface area (Å²) in [6, 6.07) is 5.13. The second-order valence-corrected chi connectivity index (χ2v) is 5.52. The molecule has 1 saturated heterocycles. The zero-order chi connectivity index (χ0) is 14.0. The molecule has 20 heavy (non-hydrogen) atoms. The molecule has 1 amide bonds. The van der Waals surface area contributed by atoms with Gasteiger partial charge in [-0.25, -0.2) is 0 Å². The average molecular weight is 336 g/mol. The van der Waals surface area contributed by atoms with Gasteiger partial charge in [-0.15, -0.1) is 12.4 Å². The largest absolute Gasteiger partial charge is 0.336 e. The number of carbonyl (C=O) groups is 1. The van der Waals surface area contributed by atoms with Crippen LogP contribution < -0.4 is 0 Å². The van der Waals surface area contributed by atoms with E-state index in [0.29, 0.717) is 15.6 Å². The molecule has 0 aliphatic carbocycles. The van der Waals surface area contributed by atoms with E-state index in [2.05, 4.69) is 18.5 Å². The minimum absolute atomic E-state index is 0. The molecule has 1 aliphatic rings. The second kappa shape index (κ2) is 7.32. The van der Waals surface area contributed by atoms with Crippen molar-refractivity contribution in [3.05, 3.63) is 40.4 Å². The van der Waals surface area contributed by atoms with E-state index in [-0.39, 0.29) is 18.3 Å². The number of likely N-dealkylation sites (N-methyl/N-ethyl adjacent to an activating group) is 1. The Kier molecular flexibility index (Phi) is 6.34. The zero-order valence-corrected chi connectivity index (χ0v) is 13.6. The smallest absolute Gasteiger partial charge is 0.253 e. The molecule has 0 saturated carbocycles. The van der Waals surface area contributed by atoms with Crippen LogP contribution in [0.25, 0.3) is 5.57 Å². The molecule has 110 valence electrons. The summed E-state index contributed by atoms with van der Waals surface area (Å²) in [5, 5.41) is 0.914. The first-order valence-corrected chi connectivity index (χ1v) is 6.87. The highest BCUT2D eigenvalue weighted by Crippen LogP contribution is 2.26. The normalized spacial score (nSPS) is 15.7. The van der Waals surface area contributed by atoms with Gasteiger partial charge >= 0.3 is 0 Å². The molecule has 1 aromatic carbocycles. The van der Waals surface area contributed by atoms with Crippen LogP contribution in [0.4, 0.5) is 0 Å². The van der Waals surface area contributed by atoms with Crippen LogP contribution in [-0.4, -0.2) is 48.9 Å². The molecule has 0 atom stereocenters. The number of carbonyl (C=O) groups excluding carboxylic acids is 1. The second-order valence-electron chi connectivity index (χ2n) is 4.70. The number of hydrogen-bond acceptors (Lipinski definition) is 2. The van der Waals surface area contributed by atoms with Gasteiger partial charge in [0.1, 0.15) is 0 Å². The van der Waals surface area contributed by atoms with Gasteiger partial charge in [0.15, 0.2) is 0 Å². The summed E-state index contributed by atoms with van der Waals surface area (Å²) in [7, 11) is 2.05. The number of hydrogen-bond donors (Lipinski definition) is 0. The SMILES string of the molecule is C=C(C(=O)N1CCN(C)CC1)c1ccc(Cl)c(Cl)c1.Cl. The summed E-state index contributed by atoms with van der Waals surface area (Å²) in [5.41, 5.74) is 1.18. The van der Waals surface area contributed by atoms with Crippen LogP contribution in [-0.2, 0) is 4.79 Å². The van der Waals surface area contributed by atoms with Crippen molar-refractivity contribution >= 4 is 47.1 Å². The van der Waals surface area contributed by atoms with Crippen molar-refractivity contribution in [1.29, 1.82) is 0 Å². The van der Waals surface area contributed by atoms with Gasteiger partial charge in [0.05, 0.1) is 10.0 Å². The van der Waals surface area contributed by atoms with Crippen LogP contribution in [0.1, 0.15) is 5.56 Å². The van der Waals surface area contributed by atoms with Crippen LogP contribution in [0.2, 0.25) is 10.0 Å². The maximum atomic E-state index is 12.3. The third-order valence-corrected chi connectivity index (χ3v) is 4.06. The topological polar surface area (TPSA) is 23.6 Å². The molecule has 1 aliphatic heterocycles. The Morgan fingerprint density at radius 1 is 1.15 bits per heavy atom. The number of halogens is 3. The summed E-state index contributed by atoms with van der Waals surface area (Å²) in [6.07, 6.45) is 0. The molecule has 6 heteroatoms. The molecular formula is C14H17Cl3N2O. The lowest BCUT2D eigenvalue weighted by atomic mass is 10.1. The van der Waals surface area contributed by atoms with E-state index >= 15 is 0 Å². The molecule has 0 aromatic heterocycles. The van der Waals surface area contributed by atoms with E-state index in [4.69, 9.17) is 23.2 Å². The summed E-state index contributed by atoms with van der Waals surface area (Å²) in [4.78, 5) is 16.4. The standard InChI is InChI=1S/C14H16Cl2N2O.ClH/c1-10(11-3-4-12(15)13(16)9-11)14(19)18-7-5-17(2)6-8-18;/h3-4,9H,1,5-8H2,2H3;1H. The minimum atomic E-state index is -0.0357. The number of rotatable bonds is 2. The lowest BCUT2D eigenvalue weighted by molar-refractivity contribution is -0.126. The Labute approximate surface area is 135 Å². The molecule has 0 radical (unpaired) electrons. The van der Waals surface area contributed by atoms with Crippen molar-refractivity contribution in [2.75, 3.05) is 33.2 Å². The summed E-state index contributed by atoms with van der Waals surface area (Å²) < 4.78 is 0. The minimum Gasteiger partial charge on any atom is -0.336 e. The maximum absolute atomic E-state index is 12.3. The van der Waals surface area contributed by atoms with Crippen molar-refractivity contribution in [3.8, 4) is 0 Å². The van der Waals surface area contributed by atoms with Gasteiger partial charge in [0.25, 0.3) is 5.91 Å². The van der Waals surface area contributed by atoms with Crippen LogP contribution in [0.5, 0.6) is 0 Å². The highest BCUT2D eigenvalue weighted by molar-refractivity contribution is 6.42. The van der Waals surface area contributed by atoms with Gasteiger partial charge in [-0.05, 0) is 24.7 Å². The van der Waals surface area contributed by atoms with Crippen molar-refractivity contribution < 1.29 is 4.79 Å². The van der Waals surface area contributed by atoms with Crippen LogP contribution >= 0.6 is 35.6 Å². The molecule has 2 rings (SSSR count). The van der Waals surface area contributed by atoms with E-state index in [0.717, 1.165) is 31.7 Å². The highest BCUT2D eigenvalue weighted by Gasteiger charge is 2.22. The average Bonchev–Trinajstić information content (AvgIpc) is 2.41. The van der Waals surface area contributed by atoms with E-state index in [1.807, 2.05) is 4.90 Å². The lowest BCUT2D eigenvalue weighted by Gasteiger charge is -2.32. The molecule has 0 spiro atoms. The molecule has 0 bridgehead atoms. The van der Waals surface area contributed by atoms with E-state index in [1.54, 1.807) is 18.2 Å². The zero-order valence-electron chi connectivity index (χ0n) is 11.2. The fourth-order valence-electron chi connectivity index (χ4n) is 2.01. The van der Waals surface area contributed by atoms with Crippen molar-refractivity contribution in [2.45, 2.75) is 0 Å². The summed E-state index contributed by atoms with van der Waals surface area (Å²) in [5.74, 6) is -0.0357. The number of nitrogens with zero attached hydrogens (tertiary/aromatic N) is 2. The third kappa shape index (κ3) is 3.89. The molecule has 3 nitrogen and oxygen atoms in total. The molecular weight excluding hydrogens is 319 g/mol. The van der Waals surface area contributed by atoms with Crippen LogP contribution in [0, 0.1) is 0 Å². The molecule has 0 N–H and O–H groups in total. The number of piperazine rings is 1. The van der Waals surface area contributed by atoms with E-state index < -0.39 is 0 Å². The monoisotopic (exact) mass is 334 g/mol. The van der Waals surface area contributed by atoms with Crippen molar-refractivity contribution in [1.82, 2.24) is 9.80 Å². The first-order chi connectivity index (χ1) is 8.99. The van der Waals surface area contributed by atoms with E-state index in [1.165, 1.54) is 0 Å². The van der Waals surface area contributed by atoms with Gasteiger partial charge in [0, 0.05) is 31.8 Å². The molecule has 1 aromatic rings. The summed E-state index contributed by atoms with van der Waals surface area (Å²) in [6.45, 7) is 7.13. The Morgan fingerprint density at radius 3 is 2.30 bits per heavy atom. The Morgan fingerprint density at radius 2 is 1.75 bits per heavy atom. The molecule has 0 unspecified atom stereocenters. The number of amides is 1. The van der Waals surface area contributed by atoms with Gasteiger partial charge in [0.2, 0.25) is 0 Å². The first kappa shape index (κ1) is 17.3. The van der Waals surface area contributed by atoms with Crippen LogP contribution in [0.3, 0.4) is 0 Å². The van der Waals surface area contributed by atoms with Gasteiger partial charge < -0.3 is 9.80 Å². The highest BCUT2D eigenvalue weighted by atomic mass is 35.5. The van der Waals surface area contributed by atoms with Crippen molar-refractivity contribution in [3.63, 3.8) is 0 Å². The maximum Gasteiger partial charge on any atom is 0.253 e. The first-order valence-electron chi connectivity index (χ1n) is 6.11. The Balaban J connectivity index is 0.00000200. The van der Waals surface area contributed by atoms with Crippen molar-refractivity contribution in [2.24, 2.45) is 0 Å². The Hall–Kier alpha value is -0.740. The van der Waals surface area contributed by atoms with Gasteiger partial charge in [-0.3, -0.25) is 4.79 Å². The van der Waals surface area contributed by atoms with Gasteiger partial charge in [-0.2, -0.15) is 0 Å². The predicted octanol–water partition coefficient (Wildman–Crippen LogP) is 3.20. The third-order valence-electron chi connectivity index (χ3n) is 3.32.